The number of piperidine rings is 1. The number of rotatable bonds is 13. The van der Waals surface area contributed by atoms with E-state index in [9.17, 15) is 57.8 Å². The minimum Gasteiger partial charge on any atom is -0.393 e. The summed E-state index contributed by atoms with van der Waals surface area (Å²) in [5.41, 5.74) is 1.43. The molecule has 2 aromatic carbocycles. The molecule has 0 bridgehead atoms. The summed E-state index contributed by atoms with van der Waals surface area (Å²) in [6.07, 6.45) is -0.802. The summed E-state index contributed by atoms with van der Waals surface area (Å²) in [5, 5.41) is 14.1. The molecule has 4 rings (SSSR count). The van der Waals surface area contributed by atoms with Crippen LogP contribution in [0.15, 0.2) is 60.7 Å². The Morgan fingerprint density at radius 3 is 1.52 bits per heavy atom. The molecule has 99 heavy (non-hydrogen) atoms. The summed E-state index contributed by atoms with van der Waals surface area (Å²) in [5.74, 6) is -12.3. The normalized spacial score (nSPS) is 27.1. The number of aliphatic hydroxyl groups excluding tert-OH is 1. The highest BCUT2D eigenvalue weighted by Gasteiger charge is 2.43. The third-order valence-electron chi connectivity index (χ3n) is 20.8. The summed E-state index contributed by atoms with van der Waals surface area (Å²) < 4.78 is 0. The molecule has 2 aliphatic rings. The van der Waals surface area contributed by atoms with E-state index >= 15 is 9.59 Å². The van der Waals surface area contributed by atoms with Gasteiger partial charge in [-0.05, 0) is 114 Å². The molecule has 13 atom stereocenters. The maximum atomic E-state index is 15.1. The van der Waals surface area contributed by atoms with E-state index in [-0.39, 0.29) is 82.0 Å². The minimum absolute atomic E-state index is 0.00553. The summed E-state index contributed by atoms with van der Waals surface area (Å²) in [7, 11) is 8.87. The van der Waals surface area contributed by atoms with Gasteiger partial charge in [0.05, 0.1) is 54.8 Å². The molecule has 2 aromatic rings. The van der Waals surface area contributed by atoms with Gasteiger partial charge in [0.1, 0.15) is 11.8 Å². The number of hydrogen-bond donors (Lipinski definition) is 2. The molecular formula is C77H118N8O14. The van der Waals surface area contributed by atoms with E-state index in [4.69, 9.17) is 0 Å². The smallest absolute Gasteiger partial charge is 0.245 e. The van der Waals surface area contributed by atoms with Crippen molar-refractivity contribution >= 4 is 76.0 Å². The highest BCUT2D eigenvalue weighted by molar-refractivity contribution is 6.00. The van der Waals surface area contributed by atoms with Gasteiger partial charge < -0.3 is 39.8 Å². The van der Waals surface area contributed by atoms with Crippen molar-refractivity contribution in [1.29, 1.82) is 0 Å². The van der Waals surface area contributed by atoms with E-state index in [0.29, 0.717) is 37.9 Å². The minimum atomic E-state index is -1.42. The third-order valence-corrected chi connectivity index (χ3v) is 20.8. The van der Waals surface area contributed by atoms with Crippen LogP contribution in [0.1, 0.15) is 178 Å². The van der Waals surface area contributed by atoms with Gasteiger partial charge in [0.15, 0.2) is 28.9 Å². The van der Waals surface area contributed by atoms with Crippen LogP contribution in [0, 0.1) is 47.3 Å². The molecule has 0 spiro atoms. The Hall–Kier alpha value is -7.33. The quantitative estimate of drug-likeness (QED) is 0.200. The number of Topliss-reactive ketones (excluding diaryl/α,β-unsaturated/α-hetero) is 6. The average Bonchev–Trinajstić information content (AvgIpc) is 0.837. The number of carbonyl (C=O) groups is 13. The summed E-state index contributed by atoms with van der Waals surface area (Å²) in [6.45, 7) is 21.3. The lowest BCUT2D eigenvalue weighted by molar-refractivity contribution is -0.148. The zero-order valence-corrected chi connectivity index (χ0v) is 62.6. The van der Waals surface area contributed by atoms with E-state index in [0.717, 1.165) is 16.9 Å². The maximum Gasteiger partial charge on any atom is 0.245 e. The van der Waals surface area contributed by atoms with E-state index in [1.165, 1.54) is 73.6 Å². The first kappa shape index (κ1) is 84.1. The van der Waals surface area contributed by atoms with E-state index in [1.807, 2.05) is 85.7 Å². The standard InChI is InChI=1S/C77H118N8O14/c1-19-50(8)71-65(88)33-34-70(93)82(16)64(40-56-31-25-21-26-32-56)69(92)45-61(54(12)86)76(98)81(15)52(10)66(89)41-57(37-47(2)3)72(94)78-62(77(99)85-35-27-22-28-36-85)43-59(87)46-79(13)53(11)73(95)80(14)51(9)67(90)42-58(39-55-29-23-20-24-30-55)74(96)83(17)63(38-48(4)5)68(91)44-60(49(6)7)75(97)84(71)18/h20-21,23-26,29-32,47-54,57-58,60-64,71,86H,19,22,27-28,33-46H2,1-18H3,(H,78,94)/t50-,51-,52-,53+,54+,57+,58+,60-,61-,62-,63-,64-,71-/m0/s1. The Balaban J connectivity index is 1.85. The first-order valence-electron chi connectivity index (χ1n) is 36.0. The molecular weight excluding hydrogens is 1260 g/mol. The van der Waals surface area contributed by atoms with Crippen LogP contribution in [0.5, 0.6) is 0 Å². The molecule has 0 aromatic heterocycles. The number of likely N-dealkylation sites (tertiary alicyclic amines) is 1. The third kappa shape index (κ3) is 24.2. The van der Waals surface area contributed by atoms with Crippen LogP contribution < -0.4 is 5.32 Å². The fourth-order valence-corrected chi connectivity index (χ4v) is 13.7. The van der Waals surface area contributed by atoms with E-state index in [1.54, 1.807) is 56.1 Å². The first-order valence-corrected chi connectivity index (χ1v) is 36.0. The molecule has 2 aliphatic heterocycles. The van der Waals surface area contributed by atoms with E-state index < -0.39 is 167 Å². The van der Waals surface area contributed by atoms with Crippen LogP contribution in [0.25, 0.3) is 0 Å². The molecule has 2 N–H and O–H groups in total. The molecule has 0 saturated carbocycles. The van der Waals surface area contributed by atoms with Crippen LogP contribution in [-0.4, -0.2) is 226 Å². The van der Waals surface area contributed by atoms with Crippen molar-refractivity contribution in [3.8, 4) is 0 Å². The van der Waals surface area contributed by atoms with Crippen LogP contribution in [-0.2, 0) is 75.2 Å². The Morgan fingerprint density at radius 1 is 0.505 bits per heavy atom. The molecule has 22 heteroatoms. The zero-order valence-electron chi connectivity index (χ0n) is 62.6. The highest BCUT2D eigenvalue weighted by atomic mass is 16.3. The van der Waals surface area contributed by atoms with Crippen molar-refractivity contribution in [3.05, 3.63) is 71.8 Å². The monoisotopic (exact) mass is 1380 g/mol. The number of hydrogen-bond acceptors (Lipinski definition) is 15. The number of likely N-dealkylation sites (N-methyl/N-ethyl adjacent to an activating group) is 6. The number of ketones is 6. The highest BCUT2D eigenvalue weighted by Crippen LogP contribution is 2.30. The fraction of sp³-hybridized carbons (Fsp3) is 0.675. The Bertz CT molecular complexity index is 3090. The Kier molecular flexibility index (Phi) is 33.6. The molecule has 2 heterocycles. The van der Waals surface area contributed by atoms with Gasteiger partial charge in [-0.25, -0.2) is 0 Å². The summed E-state index contributed by atoms with van der Waals surface area (Å²) in [6, 6.07) is 10.2. The number of nitrogens with one attached hydrogen (secondary N) is 1. The van der Waals surface area contributed by atoms with Crippen LogP contribution in [0.3, 0.4) is 0 Å². The number of benzene rings is 2. The van der Waals surface area contributed by atoms with Crippen molar-refractivity contribution in [2.24, 2.45) is 47.3 Å². The SMILES string of the molecule is CC[C@H](C)[C@H]1C(=O)CCC(=O)N(C)[C@@H](Cc2ccccc2)C(=O)C[C@@H]([C@@H](C)O)C(=O)N(C)[C@@H](C)C(=O)C[C@@H](CC(C)C)C(=O)N[C@H](C(=O)N2CCCCC2)CC(=O)CN(C)[C@H](C)C(=O)N(C)[C@@H](C)C(=O)C[C@@H](Cc2ccccc2)C(=O)N(C)[C@@H](CC(C)C)C(=O)C[C@@H](C(C)C)C(=O)N1C. The van der Waals surface area contributed by atoms with Gasteiger partial charge in [-0.15, -0.1) is 0 Å². The lowest BCUT2D eigenvalue weighted by Crippen LogP contribution is -2.54. The Labute approximate surface area is 589 Å². The van der Waals surface area contributed by atoms with Gasteiger partial charge in [0.25, 0.3) is 0 Å². The molecule has 22 nitrogen and oxygen atoms in total. The summed E-state index contributed by atoms with van der Waals surface area (Å²) in [4.78, 5) is 200. The molecule has 0 aliphatic carbocycles. The van der Waals surface area contributed by atoms with Gasteiger partial charge >= 0.3 is 0 Å². The number of aliphatic hydroxyl groups is 1. The lowest BCUT2D eigenvalue weighted by Gasteiger charge is -2.36. The average molecular weight is 1380 g/mol. The lowest BCUT2D eigenvalue weighted by atomic mass is 9.83. The van der Waals surface area contributed by atoms with Crippen molar-refractivity contribution in [2.75, 3.05) is 61.9 Å². The second kappa shape index (κ2) is 39.6. The van der Waals surface area contributed by atoms with Crippen molar-refractivity contribution < 1.29 is 67.4 Å². The first-order chi connectivity index (χ1) is 46.4. The molecule has 2 fully saturated rings. The predicted octanol–water partition coefficient (Wildman–Crippen LogP) is 7.26. The second-order valence-corrected chi connectivity index (χ2v) is 29.7. The summed E-state index contributed by atoms with van der Waals surface area (Å²) >= 11 is 0. The maximum absolute atomic E-state index is 15.1. The topological polar surface area (TPSA) is 277 Å². The van der Waals surface area contributed by atoms with Gasteiger partial charge in [0, 0.05) is 111 Å². The fourth-order valence-electron chi connectivity index (χ4n) is 13.7. The molecule has 7 amide bonds. The van der Waals surface area contributed by atoms with Crippen molar-refractivity contribution in [3.63, 3.8) is 0 Å². The van der Waals surface area contributed by atoms with Crippen molar-refractivity contribution in [2.45, 2.75) is 228 Å². The van der Waals surface area contributed by atoms with Crippen LogP contribution in [0.2, 0.25) is 0 Å². The van der Waals surface area contributed by atoms with Gasteiger partial charge in [-0.3, -0.25) is 67.2 Å². The zero-order chi connectivity index (χ0) is 74.4. The molecule has 0 radical (unpaired) electrons. The molecule has 0 unspecified atom stereocenters. The van der Waals surface area contributed by atoms with Gasteiger partial charge in [0.2, 0.25) is 41.4 Å². The largest absolute Gasteiger partial charge is 0.393 e. The van der Waals surface area contributed by atoms with Crippen LogP contribution in [0.4, 0.5) is 0 Å². The number of nitrogens with zero attached hydrogens (tertiary/aromatic N) is 7. The second-order valence-electron chi connectivity index (χ2n) is 29.7. The van der Waals surface area contributed by atoms with Crippen LogP contribution >= 0.6 is 0 Å². The Morgan fingerprint density at radius 2 is 1.00 bits per heavy atom. The molecule has 2 saturated heterocycles. The van der Waals surface area contributed by atoms with Gasteiger partial charge in [-0.1, -0.05) is 122 Å². The predicted molar refractivity (Wildman–Crippen MR) is 380 cm³/mol. The number of amides is 7. The van der Waals surface area contributed by atoms with Gasteiger partial charge in [-0.2, -0.15) is 0 Å². The van der Waals surface area contributed by atoms with Crippen molar-refractivity contribution in [1.82, 2.24) is 39.6 Å². The van der Waals surface area contributed by atoms with E-state index in [2.05, 4.69) is 5.32 Å². The number of carbonyl (C=O) groups excluding carboxylic acids is 13. The molecule has 550 valence electrons.